The number of aromatic nitrogens is 2. The highest BCUT2D eigenvalue weighted by atomic mass is 16.5. The van der Waals surface area contributed by atoms with Gasteiger partial charge < -0.3 is 29.3 Å². The van der Waals surface area contributed by atoms with Crippen LogP contribution in [-0.4, -0.2) is 71.7 Å². The largest absolute Gasteiger partial charge is 0.496 e. The average Bonchev–Trinajstić information content (AvgIpc) is 3.73. The number of hydrogen-bond donors (Lipinski definition) is 3. The molecule has 2 saturated heterocycles. The summed E-state index contributed by atoms with van der Waals surface area (Å²) in [5, 5.41) is 24.2. The molecule has 7 heteroatoms. The van der Waals surface area contributed by atoms with Gasteiger partial charge >= 0.3 is 0 Å². The summed E-state index contributed by atoms with van der Waals surface area (Å²) in [5.41, 5.74) is 12.3. The number of aliphatic hydroxyl groups is 2. The first-order valence-corrected chi connectivity index (χ1v) is 17.6. The molecule has 4 aromatic rings. The Morgan fingerprint density at radius 3 is 2.89 bits per heavy atom. The lowest BCUT2D eigenvalue weighted by molar-refractivity contribution is -0.925. The maximum Gasteiger partial charge on any atom is 0.229 e. The van der Waals surface area contributed by atoms with Gasteiger partial charge in [0, 0.05) is 65.2 Å². The van der Waals surface area contributed by atoms with Gasteiger partial charge in [0.1, 0.15) is 24.0 Å². The van der Waals surface area contributed by atoms with Gasteiger partial charge in [-0.3, -0.25) is 0 Å². The van der Waals surface area contributed by atoms with Gasteiger partial charge in [-0.2, -0.15) is 4.57 Å². The maximum absolute atomic E-state index is 12.8. The monoisotopic (exact) mass is 628 g/mol. The molecule has 2 aromatic carbocycles. The molecule has 1 aliphatic carbocycles. The van der Waals surface area contributed by atoms with Crippen molar-refractivity contribution in [3.63, 3.8) is 0 Å². The van der Waals surface area contributed by atoms with E-state index >= 15 is 0 Å². The van der Waals surface area contributed by atoms with Crippen molar-refractivity contribution in [3.05, 3.63) is 94.8 Å². The third kappa shape index (κ3) is 3.40. The Hall–Kier alpha value is -3.91. The summed E-state index contributed by atoms with van der Waals surface area (Å²) in [6.07, 6.45) is 10.2. The van der Waals surface area contributed by atoms with Crippen LogP contribution in [-0.2, 0) is 24.8 Å². The number of para-hydroxylation sites is 1. The number of pyridine rings is 1. The smallest absolute Gasteiger partial charge is 0.229 e. The van der Waals surface area contributed by atoms with Crippen LogP contribution >= 0.6 is 0 Å². The van der Waals surface area contributed by atoms with Crippen molar-refractivity contribution in [1.29, 1.82) is 0 Å². The van der Waals surface area contributed by atoms with E-state index in [0.29, 0.717) is 6.04 Å². The van der Waals surface area contributed by atoms with E-state index in [4.69, 9.17) is 4.74 Å². The van der Waals surface area contributed by atoms with Crippen LogP contribution in [0.5, 0.6) is 5.75 Å². The van der Waals surface area contributed by atoms with Gasteiger partial charge in [-0.25, -0.2) is 0 Å². The first-order chi connectivity index (χ1) is 22.9. The van der Waals surface area contributed by atoms with Crippen molar-refractivity contribution in [2.45, 2.75) is 62.8 Å². The van der Waals surface area contributed by atoms with Crippen LogP contribution < -0.4 is 14.2 Å². The van der Waals surface area contributed by atoms with Crippen LogP contribution in [0.1, 0.15) is 42.0 Å². The van der Waals surface area contributed by atoms with Crippen molar-refractivity contribution in [2.75, 3.05) is 38.8 Å². The fourth-order valence-electron chi connectivity index (χ4n) is 11.6. The number of nitrogens with zero attached hydrogens (tertiary/aromatic N) is 3. The molecule has 3 N–H and O–H groups in total. The second kappa shape index (κ2) is 9.59. The Labute approximate surface area is 276 Å². The standard InChI is InChI=1S/C40H43N4O3/c1-4-23-20-42-15-12-25-35-30(9-7-11-33(35)47-3)41-37(25)32(42)18-26(23)28-21-43-31-10-6-5-8-29(31)40-14-16-44(2)22-24(13-17-45)27(19-34(40)44)36(38(28)46)39(40)43/h5-11,13,18,20-21,27,34,36,38-39,45-46H,4,12,14-17,19,22H2,1-3H3/q+1/p+1/b24-13-/t27-,34-,36-,38+,39-,40+,44?/m0/s1. The molecular formula is C40H44N4O3+2. The second-order valence-corrected chi connectivity index (χ2v) is 15.2. The predicted octanol–water partition coefficient (Wildman–Crippen LogP) is 4.88. The van der Waals surface area contributed by atoms with Crippen LogP contribution in [0.2, 0.25) is 0 Å². The summed E-state index contributed by atoms with van der Waals surface area (Å²) in [4.78, 5) is 6.34. The molecule has 1 unspecified atom stereocenters. The van der Waals surface area contributed by atoms with E-state index in [-0.39, 0.29) is 29.9 Å². The summed E-state index contributed by atoms with van der Waals surface area (Å²) >= 11 is 0. The number of aryl methyl sites for hydroxylation is 3. The summed E-state index contributed by atoms with van der Waals surface area (Å²) in [5.74, 6) is 1.20. The molecule has 7 nitrogen and oxygen atoms in total. The molecule has 2 bridgehead atoms. The quantitative estimate of drug-likeness (QED) is 0.171. The Morgan fingerprint density at radius 1 is 1.19 bits per heavy atom. The number of fused-ring (bicyclic) bond motifs is 9. The van der Waals surface area contributed by atoms with E-state index in [9.17, 15) is 10.2 Å². The number of nitrogens with one attached hydrogen (secondary N) is 1. The molecule has 5 aliphatic heterocycles. The van der Waals surface area contributed by atoms with Gasteiger partial charge in [0.25, 0.3) is 0 Å². The maximum atomic E-state index is 12.8. The van der Waals surface area contributed by atoms with Crippen molar-refractivity contribution in [1.82, 2.24) is 4.98 Å². The van der Waals surface area contributed by atoms with Gasteiger partial charge in [0.2, 0.25) is 5.69 Å². The van der Waals surface area contributed by atoms with Gasteiger partial charge in [-0.15, -0.1) is 0 Å². The number of ether oxygens (including phenoxy) is 1. The van der Waals surface area contributed by atoms with Gasteiger partial charge in [-0.1, -0.05) is 37.3 Å². The summed E-state index contributed by atoms with van der Waals surface area (Å²) in [6, 6.07) is 18.4. The molecule has 1 saturated carbocycles. The number of rotatable bonds is 4. The van der Waals surface area contributed by atoms with E-state index in [2.05, 4.69) is 89.4 Å². The van der Waals surface area contributed by atoms with E-state index in [1.165, 1.54) is 33.3 Å². The van der Waals surface area contributed by atoms with Gasteiger partial charge in [0.15, 0.2) is 12.7 Å². The first kappa shape index (κ1) is 28.1. The van der Waals surface area contributed by atoms with Crippen LogP contribution in [0, 0.1) is 11.8 Å². The number of hydrogen-bond acceptors (Lipinski definition) is 4. The number of anilines is 1. The Kier molecular flexibility index (Phi) is 5.74. The molecule has 3 fully saturated rings. The highest BCUT2D eigenvalue weighted by Crippen LogP contribution is 2.67. The minimum absolute atomic E-state index is 0.0257. The van der Waals surface area contributed by atoms with Crippen LogP contribution in [0.3, 0.4) is 0 Å². The zero-order valence-corrected chi connectivity index (χ0v) is 27.5. The lowest BCUT2D eigenvalue weighted by atomic mass is 9.53. The molecule has 7 heterocycles. The Balaban J connectivity index is 1.19. The second-order valence-electron chi connectivity index (χ2n) is 15.2. The predicted molar refractivity (Wildman–Crippen MR) is 183 cm³/mol. The van der Waals surface area contributed by atoms with Crippen molar-refractivity contribution in [3.8, 4) is 17.1 Å². The van der Waals surface area contributed by atoms with E-state index in [1.807, 2.05) is 6.07 Å². The number of piperidine rings is 1. The number of aliphatic hydroxyl groups excluding tert-OH is 2. The third-order valence-corrected chi connectivity index (χ3v) is 13.4. The highest BCUT2D eigenvalue weighted by Gasteiger charge is 2.74. The number of H-pyrrole nitrogens is 1. The van der Waals surface area contributed by atoms with Gasteiger partial charge in [-0.05, 0) is 47.2 Å². The summed E-state index contributed by atoms with van der Waals surface area (Å²) < 4.78 is 9.25. The fraction of sp³-hybridized carbons (Fsp3) is 0.425. The minimum atomic E-state index is -0.604. The molecule has 240 valence electrons. The normalized spacial score (nSPS) is 33.4. The Bertz CT molecular complexity index is 2060. The molecule has 2 aromatic heterocycles. The van der Waals surface area contributed by atoms with Gasteiger partial charge in [0.05, 0.1) is 50.4 Å². The van der Waals surface area contributed by atoms with Crippen molar-refractivity contribution in [2.24, 2.45) is 11.8 Å². The minimum Gasteiger partial charge on any atom is -0.496 e. The molecule has 47 heavy (non-hydrogen) atoms. The summed E-state index contributed by atoms with van der Waals surface area (Å²) in [6.45, 7) is 5.30. The topological polar surface area (TPSA) is 72.6 Å². The van der Waals surface area contributed by atoms with E-state index < -0.39 is 6.10 Å². The van der Waals surface area contributed by atoms with Crippen molar-refractivity contribution < 1.29 is 24.0 Å². The fourth-order valence-corrected chi connectivity index (χ4v) is 11.6. The van der Waals surface area contributed by atoms with Crippen molar-refractivity contribution >= 4 is 22.2 Å². The SMILES string of the molecule is CCc1c[n+]2c(cc1C1=CN3c4ccccc4[C@]45CC[N+]6(C)C/C(=C/CO)[C@H](C[C@@H]46)[C@@H]([C@@H]1O)[C@H]35)-c1[nH]c3cccc(OC)c3c1CC2. The number of methoxy groups -OCH3 is 1. The molecule has 7 atom stereocenters. The lowest BCUT2D eigenvalue weighted by Crippen LogP contribution is -2.70. The highest BCUT2D eigenvalue weighted by molar-refractivity contribution is 5.95. The zero-order valence-electron chi connectivity index (χ0n) is 27.5. The number of benzene rings is 2. The molecule has 10 rings (SSSR count). The zero-order chi connectivity index (χ0) is 31.8. The molecule has 0 radical (unpaired) electrons. The molecule has 6 aliphatic rings. The van der Waals surface area contributed by atoms with Crippen LogP contribution in [0.25, 0.3) is 27.9 Å². The number of aromatic amines is 1. The third-order valence-electron chi connectivity index (χ3n) is 13.4. The molecular weight excluding hydrogens is 584 g/mol. The average molecular weight is 629 g/mol. The number of likely N-dealkylation sites (N-methyl/N-ethyl adjacent to an activating group) is 1. The lowest BCUT2D eigenvalue weighted by Gasteiger charge is -2.59. The summed E-state index contributed by atoms with van der Waals surface area (Å²) in [7, 11) is 4.20. The van der Waals surface area contributed by atoms with E-state index in [1.54, 1.807) is 7.11 Å². The van der Waals surface area contributed by atoms with Crippen LogP contribution in [0.15, 0.2) is 72.6 Å². The number of quaternary nitrogens is 1. The van der Waals surface area contributed by atoms with E-state index in [0.717, 1.165) is 83.6 Å². The Morgan fingerprint density at radius 2 is 2.06 bits per heavy atom. The molecule has 0 amide bonds. The van der Waals surface area contributed by atoms with Crippen LogP contribution in [0.4, 0.5) is 5.69 Å². The first-order valence-electron chi connectivity index (χ1n) is 17.6. The molecule has 1 spiro atoms.